The Bertz CT molecular complexity index is 682. The van der Waals surface area contributed by atoms with E-state index in [1.807, 2.05) is 6.08 Å². The summed E-state index contributed by atoms with van der Waals surface area (Å²) < 4.78 is 0. The summed E-state index contributed by atoms with van der Waals surface area (Å²) in [5.74, 6) is 2.41. The highest BCUT2D eigenvalue weighted by atomic mass is 16.1. The van der Waals surface area contributed by atoms with Crippen LogP contribution < -0.4 is 0 Å². The van der Waals surface area contributed by atoms with Crippen LogP contribution in [-0.2, 0) is 9.59 Å². The minimum absolute atomic E-state index is 0.0842. The molecule has 2 heteroatoms. The number of rotatable bonds is 0. The lowest BCUT2D eigenvalue weighted by Gasteiger charge is -2.58. The van der Waals surface area contributed by atoms with E-state index in [-0.39, 0.29) is 16.6 Å². The molecule has 0 aromatic carbocycles. The second-order valence-electron chi connectivity index (χ2n) is 8.60. The highest BCUT2D eigenvalue weighted by Crippen LogP contribution is 2.65. The smallest absolute Gasteiger partial charge is 0.178 e. The van der Waals surface area contributed by atoms with Crippen molar-refractivity contribution in [3.05, 3.63) is 36.0 Å². The molecule has 3 saturated carbocycles. The summed E-state index contributed by atoms with van der Waals surface area (Å²) in [6, 6.07) is 0. The Morgan fingerprint density at radius 2 is 1.91 bits per heavy atom. The lowest BCUT2D eigenvalue weighted by Crippen LogP contribution is -2.53. The van der Waals surface area contributed by atoms with Crippen molar-refractivity contribution < 1.29 is 9.59 Å². The summed E-state index contributed by atoms with van der Waals surface area (Å²) in [7, 11) is 0. The van der Waals surface area contributed by atoms with Crippen LogP contribution in [0.5, 0.6) is 0 Å². The molecule has 0 amide bonds. The molecule has 0 saturated heterocycles. The molecule has 6 atom stereocenters. The van der Waals surface area contributed by atoms with Gasteiger partial charge in [0.1, 0.15) is 5.78 Å². The highest BCUT2D eigenvalue weighted by Gasteiger charge is 2.60. The molecule has 1 unspecified atom stereocenters. The third-order valence-electron chi connectivity index (χ3n) is 7.75. The third-order valence-corrected chi connectivity index (χ3v) is 7.75. The fourth-order valence-electron chi connectivity index (χ4n) is 6.29. The van der Waals surface area contributed by atoms with Crippen molar-refractivity contribution >= 4 is 11.6 Å². The van der Waals surface area contributed by atoms with Crippen LogP contribution in [0, 0.1) is 34.5 Å². The second kappa shape index (κ2) is 4.55. The van der Waals surface area contributed by atoms with E-state index in [0.29, 0.717) is 29.5 Å². The van der Waals surface area contributed by atoms with Crippen LogP contribution in [-0.4, -0.2) is 11.6 Å². The van der Waals surface area contributed by atoms with Gasteiger partial charge in [0, 0.05) is 17.3 Å². The van der Waals surface area contributed by atoms with E-state index in [9.17, 15) is 9.59 Å². The monoisotopic (exact) mass is 310 g/mol. The summed E-state index contributed by atoms with van der Waals surface area (Å²) in [5.41, 5.74) is 2.05. The van der Waals surface area contributed by atoms with Crippen LogP contribution in [0.4, 0.5) is 0 Å². The zero-order valence-electron chi connectivity index (χ0n) is 14.4. The molecule has 23 heavy (non-hydrogen) atoms. The van der Waals surface area contributed by atoms with Crippen LogP contribution >= 0.6 is 0 Å². The van der Waals surface area contributed by atoms with E-state index in [4.69, 9.17) is 0 Å². The topological polar surface area (TPSA) is 34.1 Å². The fraction of sp³-hybridized carbons (Fsp3) is 0.619. The average Bonchev–Trinajstić information content (AvgIpc) is 2.82. The number of ketones is 2. The molecule has 4 rings (SSSR count). The van der Waals surface area contributed by atoms with Crippen LogP contribution in [0.2, 0.25) is 0 Å². The van der Waals surface area contributed by atoms with Gasteiger partial charge in [-0.3, -0.25) is 9.59 Å². The SMILES string of the molecule is C=C1C2=CC(=O)C=C[C@]2(C)[C@H]2CC[C@]3(C)C(=O)CC[C@H]3[C@@H]2C1C. The first-order chi connectivity index (χ1) is 10.8. The summed E-state index contributed by atoms with van der Waals surface area (Å²) >= 11 is 0. The first kappa shape index (κ1) is 15.1. The van der Waals surface area contributed by atoms with E-state index in [0.717, 1.165) is 36.8 Å². The Labute approximate surface area is 138 Å². The van der Waals surface area contributed by atoms with Crippen LogP contribution in [0.1, 0.15) is 46.5 Å². The van der Waals surface area contributed by atoms with Gasteiger partial charge in [-0.25, -0.2) is 0 Å². The molecule has 122 valence electrons. The van der Waals surface area contributed by atoms with Crippen molar-refractivity contribution in [1.82, 2.24) is 0 Å². The summed E-state index contributed by atoms with van der Waals surface area (Å²) in [6.45, 7) is 11.1. The Morgan fingerprint density at radius 3 is 2.65 bits per heavy atom. The fourth-order valence-corrected chi connectivity index (χ4v) is 6.29. The molecule has 4 aliphatic carbocycles. The quantitative estimate of drug-likeness (QED) is 0.669. The van der Waals surface area contributed by atoms with Crippen LogP contribution in [0.15, 0.2) is 36.0 Å². The molecule has 2 nitrogen and oxygen atoms in total. The number of carbonyl (C=O) groups is 2. The van der Waals surface area contributed by atoms with E-state index in [1.165, 1.54) is 0 Å². The Kier molecular flexibility index (Phi) is 2.99. The van der Waals surface area contributed by atoms with Gasteiger partial charge >= 0.3 is 0 Å². The normalized spacial score (nSPS) is 48.7. The van der Waals surface area contributed by atoms with Gasteiger partial charge in [-0.2, -0.15) is 0 Å². The maximum atomic E-state index is 12.5. The van der Waals surface area contributed by atoms with Crippen molar-refractivity contribution in [2.24, 2.45) is 34.5 Å². The lowest BCUT2D eigenvalue weighted by atomic mass is 9.45. The van der Waals surface area contributed by atoms with Gasteiger partial charge in [0.05, 0.1) is 0 Å². The molecule has 3 fully saturated rings. The predicted molar refractivity (Wildman–Crippen MR) is 90.7 cm³/mol. The van der Waals surface area contributed by atoms with Crippen molar-refractivity contribution in [2.45, 2.75) is 46.5 Å². The molecular weight excluding hydrogens is 284 g/mol. The van der Waals surface area contributed by atoms with E-state index in [2.05, 4.69) is 33.4 Å². The van der Waals surface area contributed by atoms with Gasteiger partial charge in [0.15, 0.2) is 5.78 Å². The molecular formula is C21H26O2. The van der Waals surface area contributed by atoms with Gasteiger partial charge in [-0.05, 0) is 66.2 Å². The highest BCUT2D eigenvalue weighted by molar-refractivity contribution is 6.02. The summed E-state index contributed by atoms with van der Waals surface area (Å²) in [4.78, 5) is 24.4. The summed E-state index contributed by atoms with van der Waals surface area (Å²) in [5, 5.41) is 0. The first-order valence-electron chi connectivity index (χ1n) is 8.97. The second-order valence-corrected chi connectivity index (χ2v) is 8.60. The van der Waals surface area contributed by atoms with Crippen molar-refractivity contribution in [3.8, 4) is 0 Å². The molecule has 4 aliphatic rings. The minimum atomic E-state index is -0.124. The molecule has 0 N–H and O–H groups in total. The number of hydrogen-bond donors (Lipinski definition) is 0. The molecule has 0 radical (unpaired) electrons. The summed E-state index contributed by atoms with van der Waals surface area (Å²) in [6.07, 6.45) is 9.52. The zero-order valence-corrected chi connectivity index (χ0v) is 14.4. The Morgan fingerprint density at radius 1 is 1.17 bits per heavy atom. The maximum absolute atomic E-state index is 12.5. The average molecular weight is 310 g/mol. The van der Waals surface area contributed by atoms with Crippen molar-refractivity contribution in [1.29, 1.82) is 0 Å². The van der Waals surface area contributed by atoms with Gasteiger partial charge < -0.3 is 0 Å². The number of hydrogen-bond acceptors (Lipinski definition) is 2. The molecule has 0 bridgehead atoms. The maximum Gasteiger partial charge on any atom is 0.178 e. The Hall–Kier alpha value is -1.44. The Balaban J connectivity index is 1.83. The van der Waals surface area contributed by atoms with Crippen molar-refractivity contribution in [2.75, 3.05) is 0 Å². The van der Waals surface area contributed by atoms with Crippen LogP contribution in [0.25, 0.3) is 0 Å². The van der Waals surface area contributed by atoms with E-state index >= 15 is 0 Å². The van der Waals surface area contributed by atoms with Gasteiger partial charge in [0.2, 0.25) is 0 Å². The number of allylic oxidation sites excluding steroid dienone is 5. The predicted octanol–water partition coefficient (Wildman–Crippen LogP) is 4.28. The number of Topliss-reactive ketones (excluding diaryl/α,β-unsaturated/α-hetero) is 1. The van der Waals surface area contributed by atoms with Gasteiger partial charge in [-0.15, -0.1) is 0 Å². The zero-order chi connectivity index (χ0) is 16.6. The number of fused-ring (bicyclic) bond motifs is 5. The van der Waals surface area contributed by atoms with Crippen molar-refractivity contribution in [3.63, 3.8) is 0 Å². The molecule has 0 aliphatic heterocycles. The largest absolute Gasteiger partial charge is 0.299 e. The van der Waals surface area contributed by atoms with E-state index in [1.54, 1.807) is 6.08 Å². The molecule has 0 spiro atoms. The first-order valence-corrected chi connectivity index (χ1v) is 8.97. The van der Waals surface area contributed by atoms with E-state index < -0.39 is 0 Å². The van der Waals surface area contributed by atoms with Gasteiger partial charge in [-0.1, -0.05) is 33.4 Å². The molecule has 0 aromatic rings. The minimum Gasteiger partial charge on any atom is -0.299 e. The van der Waals surface area contributed by atoms with Crippen LogP contribution in [0.3, 0.4) is 0 Å². The number of carbonyl (C=O) groups excluding carboxylic acids is 2. The lowest BCUT2D eigenvalue weighted by molar-refractivity contribution is -0.132. The molecule has 0 heterocycles. The standard InChI is InChI=1S/C21H26O2/c1-12-13(2)19-15-5-6-18(23)21(15,4)10-8-16(19)20(3)9-7-14(22)11-17(12)20/h7,9,11,13,15-16,19H,1,5-6,8,10H2,2-4H3/t13?,15-,16-,19-,20+,21-/m0/s1. The third kappa shape index (κ3) is 1.75. The molecule has 0 aromatic heterocycles. The van der Waals surface area contributed by atoms with Gasteiger partial charge in [0.25, 0.3) is 0 Å².